The van der Waals surface area contributed by atoms with E-state index in [0.29, 0.717) is 30.8 Å². The minimum atomic E-state index is -4.76. The number of methoxy groups -OCH3 is 1. The maximum absolute atomic E-state index is 12.6. The zero-order valence-electron chi connectivity index (χ0n) is 16.9. The summed E-state index contributed by atoms with van der Waals surface area (Å²) in [6.45, 7) is 1.25. The van der Waals surface area contributed by atoms with Gasteiger partial charge in [-0.05, 0) is 30.2 Å². The third kappa shape index (κ3) is 6.67. The van der Waals surface area contributed by atoms with Crippen LogP contribution in [0.1, 0.15) is 23.5 Å². The summed E-state index contributed by atoms with van der Waals surface area (Å²) in [5.41, 5.74) is 7.07. The van der Waals surface area contributed by atoms with E-state index in [1.165, 1.54) is 25.3 Å². The number of ether oxygens (including phenoxy) is 2. The van der Waals surface area contributed by atoms with Gasteiger partial charge in [0.1, 0.15) is 11.5 Å². The standard InChI is InChI=1S/C21H24F3N3O3.ClH/c1-29-19-8-7-16(30-21(22,23)24)11-15(19)12-26-18-9-10-27(20(25)28)13-17(18)14-5-3-2-4-6-14;/h2-8,11,17-18,26H,9-10,12-13H2,1H3,(H2,25,28);1H. The molecule has 3 N–H and O–H groups in total. The Labute approximate surface area is 184 Å². The maximum Gasteiger partial charge on any atom is 0.573 e. The van der Waals surface area contributed by atoms with Gasteiger partial charge in [-0.2, -0.15) is 0 Å². The van der Waals surface area contributed by atoms with Crippen LogP contribution in [-0.2, 0) is 6.54 Å². The lowest BCUT2D eigenvalue weighted by Gasteiger charge is -2.38. The Kier molecular flexibility index (Phi) is 8.41. The van der Waals surface area contributed by atoms with Gasteiger partial charge in [-0.1, -0.05) is 30.3 Å². The first-order valence-corrected chi connectivity index (χ1v) is 9.52. The van der Waals surface area contributed by atoms with Gasteiger partial charge in [0.25, 0.3) is 0 Å². The average molecular weight is 460 g/mol. The van der Waals surface area contributed by atoms with E-state index in [9.17, 15) is 18.0 Å². The summed E-state index contributed by atoms with van der Waals surface area (Å²) >= 11 is 0. The Morgan fingerprint density at radius 1 is 1.23 bits per heavy atom. The summed E-state index contributed by atoms with van der Waals surface area (Å²) in [6.07, 6.45) is -4.11. The summed E-state index contributed by atoms with van der Waals surface area (Å²) in [6, 6.07) is 13.3. The normalized spacial score (nSPS) is 18.8. The molecule has 10 heteroatoms. The number of likely N-dealkylation sites (tertiary alicyclic amines) is 1. The fourth-order valence-corrected chi connectivity index (χ4v) is 3.77. The zero-order chi connectivity index (χ0) is 21.7. The third-order valence-electron chi connectivity index (χ3n) is 5.19. The molecule has 0 aliphatic carbocycles. The van der Waals surface area contributed by atoms with E-state index in [0.717, 1.165) is 5.56 Å². The third-order valence-corrected chi connectivity index (χ3v) is 5.19. The van der Waals surface area contributed by atoms with Crippen molar-refractivity contribution in [2.24, 2.45) is 5.73 Å². The van der Waals surface area contributed by atoms with Crippen LogP contribution < -0.4 is 20.5 Å². The number of piperidine rings is 1. The van der Waals surface area contributed by atoms with Crippen molar-refractivity contribution < 1.29 is 27.4 Å². The molecule has 0 aromatic heterocycles. The van der Waals surface area contributed by atoms with E-state index in [1.54, 1.807) is 4.90 Å². The van der Waals surface area contributed by atoms with Gasteiger partial charge in [-0.25, -0.2) is 4.79 Å². The minimum Gasteiger partial charge on any atom is -0.496 e. The molecule has 2 unspecified atom stereocenters. The van der Waals surface area contributed by atoms with E-state index in [-0.39, 0.29) is 36.7 Å². The summed E-state index contributed by atoms with van der Waals surface area (Å²) in [5, 5.41) is 3.42. The van der Waals surface area contributed by atoms with Gasteiger partial charge in [0, 0.05) is 37.2 Å². The van der Waals surface area contributed by atoms with Gasteiger partial charge in [0.2, 0.25) is 0 Å². The number of alkyl halides is 3. The highest BCUT2D eigenvalue weighted by molar-refractivity contribution is 5.85. The van der Waals surface area contributed by atoms with Gasteiger partial charge >= 0.3 is 12.4 Å². The monoisotopic (exact) mass is 459 g/mol. The van der Waals surface area contributed by atoms with Crippen LogP contribution >= 0.6 is 12.4 Å². The molecule has 2 atom stereocenters. The first-order chi connectivity index (χ1) is 14.3. The summed E-state index contributed by atoms with van der Waals surface area (Å²) in [5.74, 6) is 0.152. The van der Waals surface area contributed by atoms with E-state index in [4.69, 9.17) is 10.5 Å². The van der Waals surface area contributed by atoms with Gasteiger partial charge in [-0.15, -0.1) is 25.6 Å². The van der Waals surface area contributed by atoms with Crippen molar-refractivity contribution in [3.05, 3.63) is 59.7 Å². The molecular weight excluding hydrogens is 435 g/mol. The van der Waals surface area contributed by atoms with E-state index < -0.39 is 12.4 Å². The molecule has 2 aromatic carbocycles. The number of carbonyl (C=O) groups excluding carboxylic acids is 1. The van der Waals surface area contributed by atoms with Crippen LogP contribution in [0.4, 0.5) is 18.0 Å². The second kappa shape index (κ2) is 10.6. The number of rotatable bonds is 6. The van der Waals surface area contributed by atoms with Crippen molar-refractivity contribution in [2.45, 2.75) is 31.3 Å². The average Bonchev–Trinajstić information content (AvgIpc) is 2.71. The Bertz CT molecular complexity index is 868. The number of hydrogen-bond donors (Lipinski definition) is 2. The van der Waals surface area contributed by atoms with Crippen LogP contribution in [0.2, 0.25) is 0 Å². The molecule has 3 rings (SSSR count). The molecule has 0 bridgehead atoms. The molecular formula is C21H25ClF3N3O3. The lowest BCUT2D eigenvalue weighted by Crippen LogP contribution is -2.51. The second-order valence-electron chi connectivity index (χ2n) is 7.10. The molecule has 0 saturated carbocycles. The number of urea groups is 1. The van der Waals surface area contributed by atoms with Crippen LogP contribution in [0, 0.1) is 0 Å². The number of hydrogen-bond acceptors (Lipinski definition) is 4. The van der Waals surface area contributed by atoms with Crippen LogP contribution in [0.5, 0.6) is 11.5 Å². The Balaban J connectivity index is 0.00000341. The molecule has 1 saturated heterocycles. The Morgan fingerprint density at radius 3 is 2.55 bits per heavy atom. The number of benzene rings is 2. The molecule has 1 aliphatic rings. The zero-order valence-corrected chi connectivity index (χ0v) is 17.7. The number of nitrogens with zero attached hydrogens (tertiary/aromatic N) is 1. The fraction of sp³-hybridized carbons (Fsp3) is 0.381. The lowest BCUT2D eigenvalue weighted by molar-refractivity contribution is -0.274. The van der Waals surface area contributed by atoms with Crippen molar-refractivity contribution in [3.8, 4) is 11.5 Å². The molecule has 1 heterocycles. The molecule has 31 heavy (non-hydrogen) atoms. The molecule has 2 aromatic rings. The van der Waals surface area contributed by atoms with E-state index in [1.807, 2.05) is 30.3 Å². The summed E-state index contributed by atoms with van der Waals surface area (Å²) < 4.78 is 47.0. The topological polar surface area (TPSA) is 76.8 Å². The van der Waals surface area contributed by atoms with Crippen molar-refractivity contribution in [3.63, 3.8) is 0 Å². The fourth-order valence-electron chi connectivity index (χ4n) is 3.77. The molecule has 0 spiro atoms. The first-order valence-electron chi connectivity index (χ1n) is 9.52. The van der Waals surface area contributed by atoms with Gasteiger partial charge < -0.3 is 25.4 Å². The van der Waals surface area contributed by atoms with Crippen LogP contribution in [0.15, 0.2) is 48.5 Å². The highest BCUT2D eigenvalue weighted by Gasteiger charge is 2.33. The van der Waals surface area contributed by atoms with Crippen molar-refractivity contribution >= 4 is 18.4 Å². The smallest absolute Gasteiger partial charge is 0.496 e. The Morgan fingerprint density at radius 2 is 1.94 bits per heavy atom. The lowest BCUT2D eigenvalue weighted by atomic mass is 9.86. The van der Waals surface area contributed by atoms with Crippen molar-refractivity contribution in [2.75, 3.05) is 20.2 Å². The molecule has 6 nitrogen and oxygen atoms in total. The number of primary amides is 1. The van der Waals surface area contributed by atoms with Crippen LogP contribution in [0.25, 0.3) is 0 Å². The molecule has 2 amide bonds. The Hall–Kier alpha value is -2.65. The SMILES string of the molecule is COc1ccc(OC(F)(F)F)cc1CNC1CCN(C(N)=O)CC1c1ccccc1.Cl. The van der Waals surface area contributed by atoms with Crippen molar-refractivity contribution in [1.29, 1.82) is 0 Å². The molecule has 170 valence electrons. The summed E-state index contributed by atoms with van der Waals surface area (Å²) in [4.78, 5) is 13.3. The van der Waals surface area contributed by atoms with Crippen LogP contribution in [-0.4, -0.2) is 43.5 Å². The number of halogens is 4. The molecule has 0 radical (unpaired) electrons. The minimum absolute atomic E-state index is 0. The van der Waals surface area contributed by atoms with Gasteiger partial charge in [0.15, 0.2) is 0 Å². The van der Waals surface area contributed by atoms with Gasteiger partial charge in [0.05, 0.1) is 7.11 Å². The predicted molar refractivity (Wildman–Crippen MR) is 113 cm³/mol. The van der Waals surface area contributed by atoms with Gasteiger partial charge in [-0.3, -0.25) is 0 Å². The largest absolute Gasteiger partial charge is 0.573 e. The molecule has 1 fully saturated rings. The number of nitrogens with two attached hydrogens (primary N) is 1. The quantitative estimate of drug-likeness (QED) is 0.683. The molecule has 1 aliphatic heterocycles. The van der Waals surface area contributed by atoms with Crippen molar-refractivity contribution in [1.82, 2.24) is 10.2 Å². The first kappa shape index (κ1) is 24.6. The van der Waals surface area contributed by atoms with E-state index in [2.05, 4.69) is 10.1 Å². The number of carbonyl (C=O) groups is 1. The van der Waals surface area contributed by atoms with E-state index >= 15 is 0 Å². The predicted octanol–water partition coefficient (Wildman–Crippen LogP) is 4.04. The maximum atomic E-state index is 12.6. The second-order valence-corrected chi connectivity index (χ2v) is 7.10. The highest BCUT2D eigenvalue weighted by atomic mass is 35.5. The highest BCUT2D eigenvalue weighted by Crippen LogP contribution is 2.31. The summed E-state index contributed by atoms with van der Waals surface area (Å²) in [7, 11) is 1.46. The van der Waals surface area contributed by atoms with Crippen LogP contribution in [0.3, 0.4) is 0 Å². The number of nitrogens with one attached hydrogen (secondary N) is 1. The number of amides is 2.